The Kier molecular flexibility index (Phi) is 45.6. The molecule has 0 spiro atoms. The van der Waals surface area contributed by atoms with Crippen molar-refractivity contribution in [1.82, 2.24) is 5.32 Å². The lowest BCUT2D eigenvalue weighted by molar-refractivity contribution is -0.305. The Morgan fingerprint density at radius 1 is 0.563 bits per heavy atom. The SMILES string of the molecule is CC/C=C/C=C/C=C/CCCCCCCCC(O)C(=O)NC(COC1OC(CO)C(O)C(O)C1OC(=O)CCCCCCCCCCCCCCCCC)C(O)/C=C/CCCCCCCCCCCCC. The first kappa shape index (κ1) is 66.6. The fraction of sp³-hybridized carbons (Fsp3) is 0.833. The lowest BCUT2D eigenvalue weighted by Crippen LogP contribution is -2.61. The molecule has 11 heteroatoms. The molecule has 8 atom stereocenters. The zero-order valence-corrected chi connectivity index (χ0v) is 45.6. The topological polar surface area (TPSA) is 175 Å². The number of esters is 1. The summed E-state index contributed by atoms with van der Waals surface area (Å²) >= 11 is 0. The Bertz CT molecular complexity index is 1340. The number of carbonyl (C=O) groups is 2. The molecule has 0 aromatic rings. The molecule has 1 aliphatic heterocycles. The number of allylic oxidation sites excluding steroid dienone is 7. The van der Waals surface area contributed by atoms with Gasteiger partial charge in [0.25, 0.3) is 0 Å². The van der Waals surface area contributed by atoms with Crippen LogP contribution in [-0.4, -0.2) is 99.6 Å². The van der Waals surface area contributed by atoms with E-state index >= 15 is 0 Å². The fourth-order valence-electron chi connectivity index (χ4n) is 9.12. The zero-order chi connectivity index (χ0) is 51.8. The normalized spacial score (nSPS) is 19.9. The third kappa shape index (κ3) is 37.1. The second-order valence-electron chi connectivity index (χ2n) is 20.4. The van der Waals surface area contributed by atoms with Crippen LogP contribution in [0.25, 0.3) is 0 Å². The van der Waals surface area contributed by atoms with Crippen LogP contribution in [0.4, 0.5) is 0 Å². The first-order valence-corrected chi connectivity index (χ1v) is 29.4. The van der Waals surface area contributed by atoms with Crippen molar-refractivity contribution in [2.45, 2.75) is 307 Å². The molecule has 71 heavy (non-hydrogen) atoms. The predicted octanol–water partition coefficient (Wildman–Crippen LogP) is 13.3. The molecule has 1 heterocycles. The molecular weight excluding hydrogens is 895 g/mol. The van der Waals surface area contributed by atoms with Crippen LogP contribution in [0.15, 0.2) is 48.6 Å². The molecule has 8 unspecified atom stereocenters. The van der Waals surface area contributed by atoms with E-state index in [0.29, 0.717) is 12.8 Å². The molecule has 1 amide bonds. The molecule has 1 rings (SSSR count). The summed E-state index contributed by atoms with van der Waals surface area (Å²) in [6.07, 6.45) is 47.2. The van der Waals surface area contributed by atoms with Crippen molar-refractivity contribution in [3.8, 4) is 0 Å². The van der Waals surface area contributed by atoms with Crippen LogP contribution < -0.4 is 5.32 Å². The number of hydrogen-bond donors (Lipinski definition) is 6. The van der Waals surface area contributed by atoms with Crippen LogP contribution in [0.1, 0.15) is 258 Å². The highest BCUT2D eigenvalue weighted by Crippen LogP contribution is 2.26. The van der Waals surface area contributed by atoms with E-state index in [9.17, 15) is 35.1 Å². The minimum absolute atomic E-state index is 0.125. The van der Waals surface area contributed by atoms with Gasteiger partial charge in [0.1, 0.15) is 24.4 Å². The molecule has 1 saturated heterocycles. The van der Waals surface area contributed by atoms with Gasteiger partial charge in [0.15, 0.2) is 12.4 Å². The molecule has 0 saturated carbocycles. The summed E-state index contributed by atoms with van der Waals surface area (Å²) in [5.74, 6) is -1.20. The van der Waals surface area contributed by atoms with Gasteiger partial charge in [0, 0.05) is 6.42 Å². The highest BCUT2D eigenvalue weighted by atomic mass is 16.7. The number of ether oxygens (including phenoxy) is 3. The molecule has 11 nitrogen and oxygen atoms in total. The number of carbonyl (C=O) groups excluding carboxylic acids is 2. The first-order chi connectivity index (χ1) is 34.7. The van der Waals surface area contributed by atoms with Gasteiger partial charge in [-0.3, -0.25) is 9.59 Å². The summed E-state index contributed by atoms with van der Waals surface area (Å²) in [4.78, 5) is 26.5. The number of aliphatic hydroxyl groups excluding tert-OH is 5. The summed E-state index contributed by atoms with van der Waals surface area (Å²) in [7, 11) is 0. The van der Waals surface area contributed by atoms with Crippen LogP contribution in [0.3, 0.4) is 0 Å². The van der Waals surface area contributed by atoms with E-state index in [4.69, 9.17) is 14.2 Å². The minimum atomic E-state index is -1.61. The van der Waals surface area contributed by atoms with Crippen LogP contribution in [0, 0.1) is 0 Å². The number of hydrogen-bond acceptors (Lipinski definition) is 10. The predicted molar refractivity (Wildman–Crippen MR) is 292 cm³/mol. The monoisotopic (exact) mass is 1000 g/mol. The van der Waals surface area contributed by atoms with E-state index in [1.165, 1.54) is 128 Å². The number of rotatable bonds is 49. The second-order valence-corrected chi connectivity index (χ2v) is 20.4. The minimum Gasteiger partial charge on any atom is -0.454 e. The summed E-state index contributed by atoms with van der Waals surface area (Å²) in [5.41, 5.74) is 0. The van der Waals surface area contributed by atoms with Gasteiger partial charge in [-0.25, -0.2) is 0 Å². The Balaban J connectivity index is 2.73. The third-order valence-electron chi connectivity index (χ3n) is 13.8. The zero-order valence-electron chi connectivity index (χ0n) is 45.6. The van der Waals surface area contributed by atoms with E-state index in [-0.39, 0.29) is 19.4 Å². The largest absolute Gasteiger partial charge is 0.454 e. The van der Waals surface area contributed by atoms with E-state index in [1.807, 2.05) is 18.2 Å². The van der Waals surface area contributed by atoms with Crippen LogP contribution >= 0.6 is 0 Å². The fourth-order valence-corrected chi connectivity index (χ4v) is 9.12. The Morgan fingerprint density at radius 3 is 1.51 bits per heavy atom. The van der Waals surface area contributed by atoms with Crippen LogP contribution in [0.5, 0.6) is 0 Å². The number of nitrogens with one attached hydrogen (secondary N) is 1. The molecule has 0 aromatic carbocycles. The van der Waals surface area contributed by atoms with E-state index in [0.717, 1.165) is 83.5 Å². The maximum atomic E-state index is 13.4. The van der Waals surface area contributed by atoms with Crippen molar-refractivity contribution >= 4 is 11.9 Å². The second kappa shape index (κ2) is 48.6. The van der Waals surface area contributed by atoms with Gasteiger partial charge in [-0.05, 0) is 44.9 Å². The van der Waals surface area contributed by atoms with Crippen molar-refractivity contribution in [2.24, 2.45) is 0 Å². The highest BCUT2D eigenvalue weighted by Gasteiger charge is 2.47. The number of unbranched alkanes of at least 4 members (excludes halogenated alkanes) is 31. The molecule has 1 fully saturated rings. The van der Waals surface area contributed by atoms with Gasteiger partial charge in [-0.15, -0.1) is 0 Å². The lowest BCUT2D eigenvalue weighted by atomic mass is 9.99. The average Bonchev–Trinajstić information content (AvgIpc) is 3.37. The van der Waals surface area contributed by atoms with Gasteiger partial charge >= 0.3 is 5.97 Å². The molecular formula is C60H109NO10. The Labute approximate surface area is 434 Å². The number of amides is 1. The molecule has 0 bridgehead atoms. The van der Waals surface area contributed by atoms with Gasteiger partial charge in [-0.2, -0.15) is 0 Å². The summed E-state index contributed by atoms with van der Waals surface area (Å²) in [5, 5.41) is 56.8. The van der Waals surface area contributed by atoms with Crippen molar-refractivity contribution in [2.75, 3.05) is 13.2 Å². The van der Waals surface area contributed by atoms with Gasteiger partial charge in [0.2, 0.25) is 5.91 Å². The molecule has 414 valence electrons. The maximum Gasteiger partial charge on any atom is 0.306 e. The van der Waals surface area contributed by atoms with Gasteiger partial charge in [-0.1, -0.05) is 256 Å². The maximum absolute atomic E-state index is 13.4. The van der Waals surface area contributed by atoms with Crippen molar-refractivity contribution < 1.29 is 49.3 Å². The Morgan fingerprint density at radius 2 is 1.01 bits per heavy atom. The molecule has 6 N–H and O–H groups in total. The highest BCUT2D eigenvalue weighted by molar-refractivity contribution is 5.80. The lowest BCUT2D eigenvalue weighted by Gasteiger charge is -2.41. The Hall–Kier alpha value is -2.38. The number of aliphatic hydroxyl groups is 5. The van der Waals surface area contributed by atoms with E-state index in [2.05, 4.69) is 50.4 Å². The van der Waals surface area contributed by atoms with Crippen molar-refractivity contribution in [3.05, 3.63) is 48.6 Å². The average molecular weight is 1000 g/mol. The molecule has 0 aromatic heterocycles. The first-order valence-electron chi connectivity index (χ1n) is 29.4. The smallest absolute Gasteiger partial charge is 0.306 e. The van der Waals surface area contributed by atoms with Crippen molar-refractivity contribution in [1.29, 1.82) is 0 Å². The summed E-state index contributed by atoms with van der Waals surface area (Å²) < 4.78 is 17.6. The molecule has 1 aliphatic rings. The van der Waals surface area contributed by atoms with Gasteiger partial charge in [0.05, 0.1) is 25.4 Å². The quantitative estimate of drug-likeness (QED) is 0.0149. The van der Waals surface area contributed by atoms with Crippen LogP contribution in [0.2, 0.25) is 0 Å². The van der Waals surface area contributed by atoms with Gasteiger partial charge < -0.3 is 45.1 Å². The molecule has 0 aliphatic carbocycles. The standard InChI is InChI=1S/C60H109NO10/c1-4-7-10-13-16-19-22-25-27-30-33-36-39-42-45-48-55(65)71-58-57(67)56(66)54(49-62)70-60(58)69-50-51(52(63)46-43-40-37-34-31-28-24-21-18-15-12-9-6-3)61-59(68)53(64)47-44-41-38-35-32-29-26-23-20-17-14-11-8-5-2/h8,11,14,17,20,23,43,46,51-54,56-58,60,62-64,66-67H,4-7,9-10,12-13,15-16,18-19,21-22,24-42,44-45,47-50H2,1-3H3,(H,61,68)/b11-8+,17-14+,23-20+,46-43+. The summed E-state index contributed by atoms with van der Waals surface area (Å²) in [6, 6.07) is -1.03. The van der Waals surface area contributed by atoms with E-state index < -0.39 is 67.4 Å². The summed E-state index contributed by atoms with van der Waals surface area (Å²) in [6.45, 7) is 5.65. The molecule has 0 radical (unpaired) electrons. The van der Waals surface area contributed by atoms with Crippen molar-refractivity contribution in [3.63, 3.8) is 0 Å². The third-order valence-corrected chi connectivity index (χ3v) is 13.8. The van der Waals surface area contributed by atoms with E-state index in [1.54, 1.807) is 6.08 Å². The van der Waals surface area contributed by atoms with Crippen LogP contribution in [-0.2, 0) is 23.8 Å².